The Morgan fingerprint density at radius 1 is 1.11 bits per heavy atom. The van der Waals surface area contributed by atoms with Gasteiger partial charge in [0, 0.05) is 24.8 Å². The van der Waals surface area contributed by atoms with Crippen LogP contribution in [0.2, 0.25) is 0 Å². The number of benzene rings is 2. The molecule has 0 aliphatic carbocycles. The number of nitrogens with one attached hydrogen (secondary N) is 1. The van der Waals surface area contributed by atoms with E-state index in [2.05, 4.69) is 34.0 Å². The van der Waals surface area contributed by atoms with Crippen LogP contribution in [0.3, 0.4) is 0 Å². The van der Waals surface area contributed by atoms with Crippen molar-refractivity contribution >= 4 is 17.5 Å². The summed E-state index contributed by atoms with van der Waals surface area (Å²) in [6.45, 7) is 11.7. The number of aromatic nitrogens is 2. The van der Waals surface area contributed by atoms with Gasteiger partial charge in [-0.05, 0) is 55.8 Å². The Balaban J connectivity index is 1.58. The van der Waals surface area contributed by atoms with Crippen LogP contribution >= 0.6 is 0 Å². The number of rotatable bonds is 10. The summed E-state index contributed by atoms with van der Waals surface area (Å²) in [5.74, 6) is 0.531. The van der Waals surface area contributed by atoms with Gasteiger partial charge in [-0.25, -0.2) is 10.0 Å². The smallest absolute Gasteiger partial charge is 0.421 e. The van der Waals surface area contributed by atoms with Crippen LogP contribution in [0.25, 0.3) is 0 Å². The zero-order valence-electron chi connectivity index (χ0n) is 22.2. The number of nitrogens with zero attached hydrogens (tertiary/aromatic N) is 4. The topological polar surface area (TPSA) is 62.8 Å². The van der Waals surface area contributed by atoms with Crippen molar-refractivity contribution in [3.63, 3.8) is 0 Å². The summed E-state index contributed by atoms with van der Waals surface area (Å²) >= 11 is 0. The number of hydrogen-bond acceptors (Lipinski definition) is 7. The quantitative estimate of drug-likeness (QED) is 0.323. The molecular formula is C28H34F3N5O2. The third-order valence-electron chi connectivity index (χ3n) is 6.64. The maximum atomic E-state index is 13.9. The molecule has 1 aliphatic heterocycles. The fraction of sp³-hybridized carbons (Fsp3) is 0.429. The highest BCUT2D eigenvalue weighted by atomic mass is 19.4. The number of alkyl halides is 3. The minimum Gasteiger partial charge on any atom is -0.492 e. The van der Waals surface area contributed by atoms with Crippen LogP contribution in [-0.4, -0.2) is 47.7 Å². The zero-order chi connectivity index (χ0) is 27.3. The summed E-state index contributed by atoms with van der Waals surface area (Å²) < 4.78 is 47.9. The predicted molar refractivity (Wildman–Crippen MR) is 142 cm³/mol. The van der Waals surface area contributed by atoms with Gasteiger partial charge in [0.2, 0.25) is 5.95 Å². The van der Waals surface area contributed by atoms with E-state index in [-0.39, 0.29) is 18.4 Å². The molecule has 38 heavy (non-hydrogen) atoms. The van der Waals surface area contributed by atoms with E-state index < -0.39 is 17.8 Å². The lowest BCUT2D eigenvalue weighted by Crippen LogP contribution is -2.28. The van der Waals surface area contributed by atoms with Crippen molar-refractivity contribution in [2.75, 3.05) is 43.2 Å². The molecule has 1 saturated heterocycles. The third kappa shape index (κ3) is 6.36. The van der Waals surface area contributed by atoms with Crippen molar-refractivity contribution in [1.29, 1.82) is 0 Å². The van der Waals surface area contributed by atoms with E-state index in [9.17, 15) is 13.2 Å². The molecule has 1 unspecified atom stereocenters. The molecule has 1 N–H and O–H groups in total. The molecule has 0 bridgehead atoms. The zero-order valence-corrected chi connectivity index (χ0v) is 22.2. The van der Waals surface area contributed by atoms with Crippen molar-refractivity contribution in [3.8, 4) is 5.75 Å². The average molecular weight is 530 g/mol. The summed E-state index contributed by atoms with van der Waals surface area (Å²) in [7, 11) is 0. The largest absolute Gasteiger partial charge is 0.492 e. The minimum absolute atomic E-state index is 0.0457. The van der Waals surface area contributed by atoms with Gasteiger partial charge in [0.1, 0.15) is 17.9 Å². The summed E-state index contributed by atoms with van der Waals surface area (Å²) in [5, 5.41) is 4.33. The van der Waals surface area contributed by atoms with Crippen LogP contribution in [-0.2, 0) is 11.0 Å². The summed E-state index contributed by atoms with van der Waals surface area (Å²) in [6, 6.07) is 12.7. The fourth-order valence-electron chi connectivity index (χ4n) is 4.65. The van der Waals surface area contributed by atoms with Gasteiger partial charge in [0.25, 0.3) is 0 Å². The lowest BCUT2D eigenvalue weighted by molar-refractivity contribution is -0.138. The van der Waals surface area contributed by atoms with E-state index in [1.165, 1.54) is 5.06 Å². The molecule has 1 atom stereocenters. The SMILES string of the molecule is CCN(CC)CCOc1c(C)cc(Nc2ncc(C(F)(F)F)c(N3OCCC3c3ccccc3)n2)cc1C. The van der Waals surface area contributed by atoms with E-state index in [0.717, 1.165) is 48.3 Å². The Labute approximate surface area is 221 Å². The Morgan fingerprint density at radius 3 is 2.42 bits per heavy atom. The van der Waals surface area contributed by atoms with Crippen LogP contribution in [0.15, 0.2) is 48.7 Å². The first-order valence-electron chi connectivity index (χ1n) is 12.9. The number of hydroxylamine groups is 1. The number of hydrogen-bond donors (Lipinski definition) is 1. The number of aryl methyl sites for hydroxylation is 2. The molecule has 0 saturated carbocycles. The van der Waals surface area contributed by atoms with Gasteiger partial charge in [-0.3, -0.25) is 4.84 Å². The lowest BCUT2D eigenvalue weighted by Gasteiger charge is -2.26. The molecule has 0 amide bonds. The minimum atomic E-state index is -4.64. The van der Waals surface area contributed by atoms with Crippen LogP contribution in [0.4, 0.5) is 30.6 Å². The van der Waals surface area contributed by atoms with E-state index >= 15 is 0 Å². The van der Waals surface area contributed by atoms with E-state index in [1.807, 2.05) is 56.3 Å². The molecule has 2 heterocycles. The lowest BCUT2D eigenvalue weighted by atomic mass is 10.0. The van der Waals surface area contributed by atoms with Crippen molar-refractivity contribution in [2.45, 2.75) is 46.3 Å². The molecule has 1 aliphatic rings. The van der Waals surface area contributed by atoms with E-state index in [0.29, 0.717) is 18.7 Å². The maximum absolute atomic E-state index is 13.9. The van der Waals surface area contributed by atoms with Crippen LogP contribution in [0.5, 0.6) is 5.75 Å². The number of anilines is 3. The van der Waals surface area contributed by atoms with Gasteiger partial charge >= 0.3 is 6.18 Å². The van der Waals surface area contributed by atoms with Crippen molar-refractivity contribution in [2.24, 2.45) is 0 Å². The molecule has 204 valence electrons. The van der Waals surface area contributed by atoms with Crippen LogP contribution in [0.1, 0.15) is 48.6 Å². The second-order valence-corrected chi connectivity index (χ2v) is 9.24. The normalized spacial score (nSPS) is 15.8. The molecule has 1 fully saturated rings. The van der Waals surface area contributed by atoms with Crippen molar-refractivity contribution in [3.05, 3.63) is 70.9 Å². The first-order chi connectivity index (χ1) is 18.2. The summed E-state index contributed by atoms with van der Waals surface area (Å²) in [4.78, 5) is 16.2. The summed E-state index contributed by atoms with van der Waals surface area (Å²) in [6.07, 6.45) is -3.29. The number of halogens is 3. The van der Waals surface area contributed by atoms with E-state index in [1.54, 1.807) is 0 Å². The Kier molecular flexibility index (Phi) is 8.73. The summed E-state index contributed by atoms with van der Waals surface area (Å²) in [5.41, 5.74) is 2.38. The molecular weight excluding hydrogens is 495 g/mol. The molecule has 10 heteroatoms. The molecule has 2 aromatic carbocycles. The van der Waals surface area contributed by atoms with Gasteiger partial charge < -0.3 is 15.0 Å². The van der Waals surface area contributed by atoms with Crippen molar-refractivity contribution in [1.82, 2.24) is 14.9 Å². The Hall–Kier alpha value is -3.37. The van der Waals surface area contributed by atoms with Crippen LogP contribution in [0, 0.1) is 13.8 Å². The first kappa shape index (κ1) is 27.7. The van der Waals surface area contributed by atoms with Crippen molar-refractivity contribution < 1.29 is 22.7 Å². The average Bonchev–Trinajstić information content (AvgIpc) is 3.38. The standard InChI is InChI=1S/C28H34F3N5O2/c1-5-35(6-2)13-15-37-25-19(3)16-22(17-20(25)4)33-27-32-18-23(28(29,30)31)26(34-27)36-24(12-14-38-36)21-10-8-7-9-11-21/h7-11,16-18,24H,5-6,12-15H2,1-4H3,(H,32,33,34). The maximum Gasteiger partial charge on any atom is 0.421 e. The Morgan fingerprint density at radius 2 is 1.79 bits per heavy atom. The monoisotopic (exact) mass is 529 g/mol. The molecule has 0 spiro atoms. The molecule has 7 nitrogen and oxygen atoms in total. The molecule has 3 aromatic rings. The highest BCUT2D eigenvalue weighted by Crippen LogP contribution is 2.41. The first-order valence-corrected chi connectivity index (χ1v) is 12.9. The highest BCUT2D eigenvalue weighted by Gasteiger charge is 2.40. The fourth-order valence-corrected chi connectivity index (χ4v) is 4.65. The second-order valence-electron chi connectivity index (χ2n) is 9.24. The third-order valence-corrected chi connectivity index (χ3v) is 6.64. The van der Waals surface area contributed by atoms with Gasteiger partial charge in [-0.15, -0.1) is 0 Å². The van der Waals surface area contributed by atoms with E-state index in [4.69, 9.17) is 9.57 Å². The number of ether oxygens (including phenoxy) is 1. The molecule has 1 aromatic heterocycles. The van der Waals surface area contributed by atoms with Crippen LogP contribution < -0.4 is 15.1 Å². The number of likely N-dealkylation sites (N-methyl/N-ethyl adjacent to an activating group) is 1. The molecule has 4 rings (SSSR count). The van der Waals surface area contributed by atoms with Gasteiger partial charge in [-0.2, -0.15) is 18.2 Å². The van der Waals surface area contributed by atoms with Gasteiger partial charge in [-0.1, -0.05) is 44.2 Å². The van der Waals surface area contributed by atoms with Gasteiger partial charge in [0.05, 0.1) is 12.6 Å². The molecule has 0 radical (unpaired) electrons. The predicted octanol–water partition coefficient (Wildman–Crippen LogP) is 6.46. The van der Waals surface area contributed by atoms with Gasteiger partial charge in [0.15, 0.2) is 5.82 Å². The highest BCUT2D eigenvalue weighted by molar-refractivity contribution is 5.62. The second kappa shape index (κ2) is 12.0. The Bertz CT molecular complexity index is 1200.